The number of carbonyl (C=O) groups is 1. The van der Waals surface area contributed by atoms with Crippen molar-refractivity contribution in [2.45, 2.75) is 6.92 Å². The molecule has 0 spiro atoms. The number of rotatable bonds is 1. The third-order valence-corrected chi connectivity index (χ3v) is 1.76. The van der Waals surface area contributed by atoms with E-state index in [1.165, 1.54) is 0 Å². The van der Waals surface area contributed by atoms with E-state index in [9.17, 15) is 4.79 Å². The summed E-state index contributed by atoms with van der Waals surface area (Å²) in [6.45, 7) is 1.96. The Bertz CT molecular complexity index is 433. The van der Waals surface area contributed by atoms with Crippen LogP contribution in [0.4, 0.5) is 0 Å². The van der Waals surface area contributed by atoms with Gasteiger partial charge in [0.2, 0.25) is 0 Å². The second kappa shape index (κ2) is 2.41. The van der Waals surface area contributed by atoms with Crippen molar-refractivity contribution in [1.82, 2.24) is 15.0 Å². The van der Waals surface area contributed by atoms with E-state index < -0.39 is 0 Å². The van der Waals surface area contributed by atoms with Crippen LogP contribution in [0.5, 0.6) is 0 Å². The molecular formula is C8H7N3O. The van der Waals surface area contributed by atoms with Crippen molar-refractivity contribution < 1.29 is 4.79 Å². The Morgan fingerprint density at radius 1 is 1.58 bits per heavy atom. The Hall–Kier alpha value is -1.71. The zero-order valence-electron chi connectivity index (χ0n) is 6.53. The predicted octanol–water partition coefficient (Wildman–Crippen LogP) is 1.08. The molecule has 0 aliphatic heterocycles. The Morgan fingerprint density at radius 3 is 3.17 bits per heavy atom. The van der Waals surface area contributed by atoms with Crippen molar-refractivity contribution in [3.63, 3.8) is 0 Å². The number of aryl methyl sites for hydroxylation is 1. The van der Waals surface area contributed by atoms with E-state index in [0.717, 1.165) is 10.9 Å². The number of aromatic amines is 1. The third kappa shape index (κ3) is 0.887. The number of hydrogen-bond donors (Lipinski definition) is 1. The molecule has 0 saturated heterocycles. The molecule has 0 aliphatic rings. The summed E-state index contributed by atoms with van der Waals surface area (Å²) in [5.41, 5.74) is 1.80. The highest BCUT2D eigenvalue weighted by molar-refractivity contribution is 5.81. The minimum atomic E-state index is 0.212. The first-order valence-electron chi connectivity index (χ1n) is 3.57. The highest BCUT2D eigenvalue weighted by atomic mass is 16.1. The van der Waals surface area contributed by atoms with Crippen LogP contribution in [0.2, 0.25) is 0 Å². The van der Waals surface area contributed by atoms with Gasteiger partial charge in [-0.25, -0.2) is 9.97 Å². The van der Waals surface area contributed by atoms with Crippen LogP contribution in [0, 0.1) is 6.92 Å². The van der Waals surface area contributed by atoms with Gasteiger partial charge in [0.25, 0.3) is 0 Å². The highest BCUT2D eigenvalue weighted by Crippen LogP contribution is 2.12. The van der Waals surface area contributed by atoms with Gasteiger partial charge in [-0.3, -0.25) is 4.79 Å². The van der Waals surface area contributed by atoms with Crippen LogP contribution < -0.4 is 0 Å². The van der Waals surface area contributed by atoms with E-state index in [1.807, 2.05) is 13.1 Å². The average molecular weight is 161 g/mol. The number of carbonyl (C=O) groups excluding carboxylic acids is 1. The fourth-order valence-corrected chi connectivity index (χ4v) is 1.11. The van der Waals surface area contributed by atoms with Crippen molar-refractivity contribution in [2.24, 2.45) is 0 Å². The number of aldehydes is 1. The molecule has 0 saturated carbocycles. The Kier molecular flexibility index (Phi) is 1.40. The number of fused-ring (bicyclic) bond motifs is 1. The molecule has 60 valence electrons. The minimum absolute atomic E-state index is 0.212. The molecule has 2 aromatic heterocycles. The monoisotopic (exact) mass is 161 g/mol. The molecule has 1 N–H and O–H groups in total. The molecule has 2 heterocycles. The van der Waals surface area contributed by atoms with E-state index in [2.05, 4.69) is 15.0 Å². The van der Waals surface area contributed by atoms with Crippen LogP contribution in [0.15, 0.2) is 12.4 Å². The first kappa shape index (κ1) is 6.97. The summed E-state index contributed by atoms with van der Waals surface area (Å²) >= 11 is 0. The summed E-state index contributed by atoms with van der Waals surface area (Å²) in [6.07, 6.45) is 4.13. The lowest BCUT2D eigenvalue weighted by atomic mass is 10.3. The van der Waals surface area contributed by atoms with Gasteiger partial charge in [0.05, 0.1) is 0 Å². The molecule has 4 nitrogen and oxygen atoms in total. The second-order valence-electron chi connectivity index (χ2n) is 2.58. The van der Waals surface area contributed by atoms with Gasteiger partial charge in [-0.2, -0.15) is 0 Å². The van der Waals surface area contributed by atoms with Crippen molar-refractivity contribution >= 4 is 17.3 Å². The summed E-state index contributed by atoms with van der Waals surface area (Å²) in [4.78, 5) is 21.1. The van der Waals surface area contributed by atoms with Crippen molar-refractivity contribution in [3.8, 4) is 0 Å². The smallest absolute Gasteiger partial charge is 0.194 e. The zero-order valence-corrected chi connectivity index (χ0v) is 6.53. The number of hydrogen-bond acceptors (Lipinski definition) is 3. The SMILES string of the molecule is Cc1c[nH]c2nc(C=O)ncc12. The lowest BCUT2D eigenvalue weighted by Crippen LogP contribution is -1.91. The molecule has 0 radical (unpaired) electrons. The van der Waals surface area contributed by atoms with E-state index >= 15 is 0 Å². The number of nitrogens with one attached hydrogen (secondary N) is 1. The number of H-pyrrole nitrogens is 1. The molecule has 0 amide bonds. The van der Waals surface area contributed by atoms with Gasteiger partial charge in [-0.1, -0.05) is 0 Å². The van der Waals surface area contributed by atoms with Gasteiger partial charge < -0.3 is 4.98 Å². The fraction of sp³-hybridized carbons (Fsp3) is 0.125. The molecule has 0 aliphatic carbocycles. The van der Waals surface area contributed by atoms with Crippen LogP contribution in [-0.4, -0.2) is 21.2 Å². The summed E-state index contributed by atoms with van der Waals surface area (Å²) < 4.78 is 0. The van der Waals surface area contributed by atoms with Crippen molar-refractivity contribution in [3.05, 3.63) is 23.8 Å². The standard InChI is InChI=1S/C8H7N3O/c1-5-2-10-8-6(5)3-9-7(4-12)11-8/h2-4H,1H3,(H,9,10,11). The first-order chi connectivity index (χ1) is 5.81. The van der Waals surface area contributed by atoms with Crippen LogP contribution in [0.25, 0.3) is 11.0 Å². The molecule has 0 bridgehead atoms. The molecule has 0 aromatic carbocycles. The van der Waals surface area contributed by atoms with Crippen LogP contribution in [0.1, 0.15) is 16.2 Å². The van der Waals surface area contributed by atoms with Gasteiger partial charge in [0.1, 0.15) is 5.65 Å². The first-order valence-corrected chi connectivity index (χ1v) is 3.57. The van der Waals surface area contributed by atoms with Gasteiger partial charge in [-0.05, 0) is 12.5 Å². The molecule has 2 aromatic rings. The molecular weight excluding hydrogens is 154 g/mol. The maximum atomic E-state index is 10.3. The molecule has 0 unspecified atom stereocenters. The van der Waals surface area contributed by atoms with Gasteiger partial charge in [0, 0.05) is 17.8 Å². The van der Waals surface area contributed by atoms with E-state index in [4.69, 9.17) is 0 Å². The summed E-state index contributed by atoms with van der Waals surface area (Å²) in [5.74, 6) is 0.212. The zero-order chi connectivity index (χ0) is 8.55. The quantitative estimate of drug-likeness (QED) is 0.636. The predicted molar refractivity (Wildman–Crippen MR) is 44.0 cm³/mol. The Morgan fingerprint density at radius 2 is 2.42 bits per heavy atom. The van der Waals surface area contributed by atoms with Gasteiger partial charge in [-0.15, -0.1) is 0 Å². The van der Waals surface area contributed by atoms with Crippen LogP contribution >= 0.6 is 0 Å². The maximum absolute atomic E-state index is 10.3. The molecule has 2 rings (SSSR count). The molecule has 0 atom stereocenters. The van der Waals surface area contributed by atoms with Gasteiger partial charge in [0.15, 0.2) is 12.1 Å². The van der Waals surface area contributed by atoms with Gasteiger partial charge >= 0.3 is 0 Å². The average Bonchev–Trinajstić information content (AvgIpc) is 2.47. The Labute approximate surface area is 68.7 Å². The summed E-state index contributed by atoms with van der Waals surface area (Å²) in [5, 5.41) is 0.959. The lowest BCUT2D eigenvalue weighted by Gasteiger charge is -1.90. The van der Waals surface area contributed by atoms with Crippen LogP contribution in [0.3, 0.4) is 0 Å². The molecule has 0 fully saturated rings. The highest BCUT2D eigenvalue weighted by Gasteiger charge is 2.01. The second-order valence-corrected chi connectivity index (χ2v) is 2.58. The van der Waals surface area contributed by atoms with E-state index in [0.29, 0.717) is 11.9 Å². The largest absolute Gasteiger partial charge is 0.346 e. The summed E-state index contributed by atoms with van der Waals surface area (Å²) in [7, 11) is 0. The normalized spacial score (nSPS) is 10.4. The number of nitrogens with zero attached hydrogens (tertiary/aromatic N) is 2. The van der Waals surface area contributed by atoms with E-state index in [-0.39, 0.29) is 5.82 Å². The minimum Gasteiger partial charge on any atom is -0.346 e. The summed E-state index contributed by atoms with van der Waals surface area (Å²) in [6, 6.07) is 0. The van der Waals surface area contributed by atoms with E-state index in [1.54, 1.807) is 6.20 Å². The van der Waals surface area contributed by atoms with Crippen molar-refractivity contribution in [2.75, 3.05) is 0 Å². The van der Waals surface area contributed by atoms with Crippen LogP contribution in [-0.2, 0) is 0 Å². The molecule has 12 heavy (non-hydrogen) atoms. The van der Waals surface area contributed by atoms with Crippen molar-refractivity contribution in [1.29, 1.82) is 0 Å². The lowest BCUT2D eigenvalue weighted by molar-refractivity contribution is 0.111. The third-order valence-electron chi connectivity index (χ3n) is 1.76. The Balaban J connectivity index is 2.77. The molecule has 4 heteroatoms. The number of aromatic nitrogens is 3. The fourth-order valence-electron chi connectivity index (χ4n) is 1.11. The topological polar surface area (TPSA) is 58.6 Å². The maximum Gasteiger partial charge on any atom is 0.194 e.